The Balaban J connectivity index is 2.48. The van der Waals surface area contributed by atoms with Crippen LogP contribution in [-0.4, -0.2) is 16.5 Å². The number of aliphatic hydroxyl groups is 2. The Hall–Kier alpha value is -0.570. The first kappa shape index (κ1) is 9.52. The van der Waals surface area contributed by atoms with Gasteiger partial charge in [-0.15, -0.1) is 0 Å². The zero-order chi connectivity index (χ0) is 8.97. The van der Waals surface area contributed by atoms with Crippen LogP contribution < -0.4 is 0 Å². The highest BCUT2D eigenvalue weighted by Gasteiger charge is 1.98. The molecule has 0 aromatic heterocycles. The molecule has 12 heavy (non-hydrogen) atoms. The van der Waals surface area contributed by atoms with Crippen LogP contribution in [0.3, 0.4) is 0 Å². The van der Waals surface area contributed by atoms with Gasteiger partial charge >= 0.3 is 0 Å². The molecule has 0 bridgehead atoms. The number of benzene rings is 1. The van der Waals surface area contributed by atoms with Crippen LogP contribution >= 0.6 is 11.6 Å². The predicted octanol–water partition coefficient (Wildman–Crippen LogP) is 1.58. The van der Waals surface area contributed by atoms with Crippen LogP contribution in [0.4, 0.5) is 0 Å². The lowest BCUT2D eigenvalue weighted by molar-refractivity contribution is -0.0446. The summed E-state index contributed by atoms with van der Waals surface area (Å²) in [6, 6.07) is 7.34. The van der Waals surface area contributed by atoms with Crippen molar-refractivity contribution in [2.45, 2.75) is 19.1 Å². The zero-order valence-electron chi connectivity index (χ0n) is 6.57. The average molecular weight is 187 g/mol. The SMILES string of the molecule is OC(O)CCc1ccc(Cl)cc1. The minimum Gasteiger partial charge on any atom is -0.368 e. The van der Waals surface area contributed by atoms with Gasteiger partial charge in [-0.3, -0.25) is 0 Å². The molecule has 1 aromatic carbocycles. The van der Waals surface area contributed by atoms with Gasteiger partial charge in [0.15, 0.2) is 6.29 Å². The van der Waals surface area contributed by atoms with Gasteiger partial charge in [0.25, 0.3) is 0 Å². The van der Waals surface area contributed by atoms with Crippen molar-refractivity contribution in [3.05, 3.63) is 34.9 Å². The molecule has 0 unspecified atom stereocenters. The molecular formula is C9H11ClO2. The number of halogens is 1. The Bertz CT molecular complexity index is 231. The quantitative estimate of drug-likeness (QED) is 0.704. The van der Waals surface area contributed by atoms with Crippen LogP contribution in [0.2, 0.25) is 5.02 Å². The van der Waals surface area contributed by atoms with E-state index in [0.29, 0.717) is 17.9 Å². The third-order valence-corrected chi connectivity index (χ3v) is 1.86. The lowest BCUT2D eigenvalue weighted by atomic mass is 10.1. The van der Waals surface area contributed by atoms with Crippen LogP contribution in [0.1, 0.15) is 12.0 Å². The van der Waals surface area contributed by atoms with Crippen molar-refractivity contribution in [2.75, 3.05) is 0 Å². The summed E-state index contributed by atoms with van der Waals surface area (Å²) < 4.78 is 0. The Morgan fingerprint density at radius 1 is 1.17 bits per heavy atom. The Kier molecular flexibility index (Phi) is 3.53. The molecule has 3 heteroatoms. The minimum absolute atomic E-state index is 0.363. The average Bonchev–Trinajstić information content (AvgIpc) is 2.03. The fraction of sp³-hybridized carbons (Fsp3) is 0.333. The molecule has 0 saturated carbocycles. The number of rotatable bonds is 3. The van der Waals surface area contributed by atoms with E-state index in [0.717, 1.165) is 5.56 Å². The van der Waals surface area contributed by atoms with Gasteiger partial charge < -0.3 is 10.2 Å². The van der Waals surface area contributed by atoms with Crippen molar-refractivity contribution in [3.63, 3.8) is 0 Å². The van der Waals surface area contributed by atoms with Crippen molar-refractivity contribution in [2.24, 2.45) is 0 Å². The number of aliphatic hydroxyl groups excluding tert-OH is 1. The normalized spacial score (nSPS) is 10.7. The van der Waals surface area contributed by atoms with Crippen molar-refractivity contribution in [3.8, 4) is 0 Å². The summed E-state index contributed by atoms with van der Waals surface area (Å²) in [5.41, 5.74) is 1.06. The van der Waals surface area contributed by atoms with Gasteiger partial charge in [-0.05, 0) is 24.1 Å². The maximum Gasteiger partial charge on any atom is 0.151 e. The van der Waals surface area contributed by atoms with Gasteiger partial charge in [-0.2, -0.15) is 0 Å². The molecule has 0 spiro atoms. The van der Waals surface area contributed by atoms with Crippen LogP contribution in [0.5, 0.6) is 0 Å². The maximum absolute atomic E-state index is 8.60. The maximum atomic E-state index is 8.60. The Labute approximate surface area is 76.4 Å². The molecule has 0 aliphatic rings. The monoisotopic (exact) mass is 186 g/mol. The Morgan fingerprint density at radius 3 is 2.25 bits per heavy atom. The summed E-state index contributed by atoms with van der Waals surface area (Å²) in [5.74, 6) is 0. The molecular weight excluding hydrogens is 176 g/mol. The van der Waals surface area contributed by atoms with Crippen LogP contribution in [0.15, 0.2) is 24.3 Å². The lowest BCUT2D eigenvalue weighted by Crippen LogP contribution is -2.05. The molecule has 1 aromatic rings. The number of hydrogen-bond acceptors (Lipinski definition) is 2. The molecule has 2 N–H and O–H groups in total. The molecule has 0 aliphatic carbocycles. The highest BCUT2D eigenvalue weighted by atomic mass is 35.5. The molecule has 0 aliphatic heterocycles. The standard InChI is InChI=1S/C9H11ClO2/c10-8-4-1-7(2-5-8)3-6-9(11)12/h1-2,4-5,9,11-12H,3,6H2. The van der Waals surface area contributed by atoms with E-state index in [2.05, 4.69) is 0 Å². The van der Waals surface area contributed by atoms with Crippen molar-refractivity contribution >= 4 is 11.6 Å². The smallest absolute Gasteiger partial charge is 0.151 e. The summed E-state index contributed by atoms with van der Waals surface area (Å²) in [7, 11) is 0. The summed E-state index contributed by atoms with van der Waals surface area (Å²) in [6.45, 7) is 0. The van der Waals surface area contributed by atoms with Gasteiger partial charge in [0, 0.05) is 11.4 Å². The van der Waals surface area contributed by atoms with E-state index in [1.807, 2.05) is 12.1 Å². The zero-order valence-corrected chi connectivity index (χ0v) is 7.33. The molecule has 0 radical (unpaired) electrons. The molecule has 66 valence electrons. The second kappa shape index (κ2) is 4.45. The van der Waals surface area contributed by atoms with E-state index < -0.39 is 6.29 Å². The van der Waals surface area contributed by atoms with Crippen LogP contribution in [0.25, 0.3) is 0 Å². The second-order valence-electron chi connectivity index (χ2n) is 2.65. The molecule has 0 fully saturated rings. The molecule has 1 rings (SSSR count). The lowest BCUT2D eigenvalue weighted by Gasteiger charge is -2.02. The first-order valence-corrected chi connectivity index (χ1v) is 4.17. The van der Waals surface area contributed by atoms with Gasteiger partial charge in [-0.1, -0.05) is 23.7 Å². The van der Waals surface area contributed by atoms with E-state index >= 15 is 0 Å². The van der Waals surface area contributed by atoms with Gasteiger partial charge in [-0.25, -0.2) is 0 Å². The summed E-state index contributed by atoms with van der Waals surface area (Å²) in [4.78, 5) is 0. The van der Waals surface area contributed by atoms with Gasteiger partial charge in [0.1, 0.15) is 0 Å². The third kappa shape index (κ3) is 3.22. The first-order valence-electron chi connectivity index (χ1n) is 3.79. The molecule has 0 amide bonds. The molecule has 0 saturated heterocycles. The van der Waals surface area contributed by atoms with Crippen LogP contribution in [-0.2, 0) is 6.42 Å². The first-order chi connectivity index (χ1) is 5.68. The van der Waals surface area contributed by atoms with E-state index in [4.69, 9.17) is 21.8 Å². The highest BCUT2D eigenvalue weighted by molar-refractivity contribution is 6.30. The fourth-order valence-corrected chi connectivity index (χ4v) is 1.07. The fourth-order valence-electron chi connectivity index (χ4n) is 0.947. The van der Waals surface area contributed by atoms with E-state index in [9.17, 15) is 0 Å². The van der Waals surface area contributed by atoms with Gasteiger partial charge in [0.05, 0.1) is 0 Å². The van der Waals surface area contributed by atoms with Crippen molar-refractivity contribution in [1.29, 1.82) is 0 Å². The number of aryl methyl sites for hydroxylation is 1. The Morgan fingerprint density at radius 2 is 1.75 bits per heavy atom. The largest absolute Gasteiger partial charge is 0.368 e. The van der Waals surface area contributed by atoms with E-state index in [-0.39, 0.29) is 0 Å². The second-order valence-corrected chi connectivity index (χ2v) is 3.08. The molecule has 2 nitrogen and oxygen atoms in total. The summed E-state index contributed by atoms with van der Waals surface area (Å²) in [6.07, 6.45) is -0.197. The highest BCUT2D eigenvalue weighted by Crippen LogP contribution is 2.11. The number of hydrogen-bond donors (Lipinski definition) is 2. The topological polar surface area (TPSA) is 40.5 Å². The molecule has 0 atom stereocenters. The summed E-state index contributed by atoms with van der Waals surface area (Å²) in [5, 5.41) is 17.9. The minimum atomic E-state index is -1.22. The third-order valence-electron chi connectivity index (χ3n) is 1.60. The summed E-state index contributed by atoms with van der Waals surface area (Å²) >= 11 is 5.68. The molecule has 0 heterocycles. The van der Waals surface area contributed by atoms with Crippen molar-refractivity contribution in [1.82, 2.24) is 0 Å². The van der Waals surface area contributed by atoms with Gasteiger partial charge in [0.2, 0.25) is 0 Å². The predicted molar refractivity (Wildman–Crippen MR) is 48.0 cm³/mol. The van der Waals surface area contributed by atoms with E-state index in [1.165, 1.54) is 0 Å². The van der Waals surface area contributed by atoms with Crippen molar-refractivity contribution < 1.29 is 10.2 Å². The van der Waals surface area contributed by atoms with E-state index in [1.54, 1.807) is 12.1 Å². The van der Waals surface area contributed by atoms with Crippen LogP contribution in [0, 0.1) is 0 Å².